The first-order valence-electron chi connectivity index (χ1n) is 7.05. The molecule has 0 bridgehead atoms. The standard InChI is InChI=1S/C15H22N4O2S/c1-12-5-6-13(2)15(9-12)22(20,21)17-14-10-16-19(11-14)8-7-18(3)4/h5-6,9-11,17H,7-8H2,1-4H3. The van der Waals surface area contributed by atoms with Crippen molar-refractivity contribution in [2.24, 2.45) is 0 Å². The number of aryl methyl sites for hydroxylation is 2. The molecule has 6 nitrogen and oxygen atoms in total. The van der Waals surface area contributed by atoms with E-state index >= 15 is 0 Å². The van der Waals surface area contributed by atoms with Crippen LogP contribution in [0.5, 0.6) is 0 Å². The lowest BCUT2D eigenvalue weighted by molar-refractivity contribution is 0.373. The van der Waals surface area contributed by atoms with Crippen LogP contribution in [0.25, 0.3) is 0 Å². The number of hydrogen-bond acceptors (Lipinski definition) is 4. The van der Waals surface area contributed by atoms with E-state index in [4.69, 9.17) is 0 Å². The Morgan fingerprint density at radius 3 is 2.68 bits per heavy atom. The molecule has 0 spiro atoms. The summed E-state index contributed by atoms with van der Waals surface area (Å²) in [6, 6.07) is 5.38. The van der Waals surface area contributed by atoms with Gasteiger partial charge in [-0.05, 0) is 45.1 Å². The van der Waals surface area contributed by atoms with Crippen molar-refractivity contribution in [3.05, 3.63) is 41.7 Å². The molecule has 0 atom stereocenters. The van der Waals surface area contributed by atoms with Gasteiger partial charge in [0.2, 0.25) is 0 Å². The first-order valence-corrected chi connectivity index (χ1v) is 8.53. The van der Waals surface area contributed by atoms with Gasteiger partial charge in [-0.25, -0.2) is 8.42 Å². The molecule has 1 aromatic heterocycles. The van der Waals surface area contributed by atoms with Crippen molar-refractivity contribution in [3.8, 4) is 0 Å². The zero-order chi connectivity index (χ0) is 16.3. The highest BCUT2D eigenvalue weighted by atomic mass is 32.2. The fourth-order valence-electron chi connectivity index (χ4n) is 2.05. The third kappa shape index (κ3) is 4.08. The van der Waals surface area contributed by atoms with Crippen molar-refractivity contribution < 1.29 is 8.42 Å². The van der Waals surface area contributed by atoms with Crippen molar-refractivity contribution >= 4 is 15.7 Å². The van der Waals surface area contributed by atoms with Gasteiger partial charge in [-0.15, -0.1) is 0 Å². The van der Waals surface area contributed by atoms with Gasteiger partial charge in [0.1, 0.15) is 0 Å². The van der Waals surface area contributed by atoms with Gasteiger partial charge in [0, 0.05) is 12.7 Å². The molecular formula is C15H22N4O2S. The van der Waals surface area contributed by atoms with Crippen molar-refractivity contribution in [3.63, 3.8) is 0 Å². The number of benzene rings is 1. The second-order valence-electron chi connectivity index (χ2n) is 5.67. The van der Waals surface area contributed by atoms with Gasteiger partial charge in [-0.2, -0.15) is 5.10 Å². The van der Waals surface area contributed by atoms with Gasteiger partial charge in [0.15, 0.2) is 0 Å². The average Bonchev–Trinajstić information content (AvgIpc) is 2.86. The minimum atomic E-state index is -3.60. The molecule has 0 unspecified atom stereocenters. The van der Waals surface area contributed by atoms with Crippen LogP contribution < -0.4 is 4.72 Å². The first kappa shape index (κ1) is 16.5. The average molecular weight is 322 g/mol. The number of hydrogen-bond donors (Lipinski definition) is 1. The maximum Gasteiger partial charge on any atom is 0.262 e. The highest BCUT2D eigenvalue weighted by molar-refractivity contribution is 7.92. The van der Waals surface area contributed by atoms with Gasteiger partial charge >= 0.3 is 0 Å². The zero-order valence-corrected chi connectivity index (χ0v) is 14.2. The van der Waals surface area contributed by atoms with Crippen molar-refractivity contribution in [2.45, 2.75) is 25.3 Å². The summed E-state index contributed by atoms with van der Waals surface area (Å²) < 4.78 is 29.3. The zero-order valence-electron chi connectivity index (χ0n) is 13.4. The molecule has 0 aliphatic carbocycles. The molecule has 7 heteroatoms. The molecule has 0 aliphatic heterocycles. The second kappa shape index (κ2) is 6.50. The Balaban J connectivity index is 2.17. The maximum atomic E-state index is 12.5. The second-order valence-corrected chi connectivity index (χ2v) is 7.32. The Kier molecular flexibility index (Phi) is 4.87. The number of nitrogens with zero attached hydrogens (tertiary/aromatic N) is 3. The van der Waals surface area contributed by atoms with Crippen LogP contribution in [-0.2, 0) is 16.6 Å². The van der Waals surface area contributed by atoms with E-state index in [2.05, 4.69) is 9.82 Å². The number of likely N-dealkylation sites (N-methyl/N-ethyl adjacent to an activating group) is 1. The van der Waals surface area contributed by atoms with E-state index in [1.807, 2.05) is 38.1 Å². The van der Waals surface area contributed by atoms with Crippen LogP contribution in [0.4, 0.5) is 5.69 Å². The van der Waals surface area contributed by atoms with Gasteiger partial charge in [-0.1, -0.05) is 12.1 Å². The van der Waals surface area contributed by atoms with Crippen molar-refractivity contribution in [2.75, 3.05) is 25.4 Å². The summed E-state index contributed by atoms with van der Waals surface area (Å²) in [4.78, 5) is 2.34. The van der Waals surface area contributed by atoms with Crippen molar-refractivity contribution in [1.29, 1.82) is 0 Å². The van der Waals surface area contributed by atoms with E-state index in [1.165, 1.54) is 6.20 Å². The Morgan fingerprint density at radius 2 is 2.00 bits per heavy atom. The molecule has 0 aliphatic rings. The van der Waals surface area contributed by atoms with Crippen molar-refractivity contribution in [1.82, 2.24) is 14.7 Å². The minimum Gasteiger partial charge on any atom is -0.308 e. The van der Waals surface area contributed by atoms with E-state index in [0.717, 1.165) is 17.7 Å². The van der Waals surface area contributed by atoms with Crippen LogP contribution in [-0.4, -0.2) is 43.7 Å². The SMILES string of the molecule is Cc1ccc(C)c(S(=O)(=O)Nc2cnn(CCN(C)C)c2)c1. The molecular weight excluding hydrogens is 300 g/mol. The van der Waals surface area contributed by atoms with Gasteiger partial charge in [0.05, 0.1) is 23.3 Å². The summed E-state index contributed by atoms with van der Waals surface area (Å²) in [5.74, 6) is 0. The lowest BCUT2D eigenvalue weighted by atomic mass is 10.2. The molecule has 1 N–H and O–H groups in total. The van der Waals surface area contributed by atoms with E-state index in [9.17, 15) is 8.42 Å². The quantitative estimate of drug-likeness (QED) is 0.881. The van der Waals surface area contributed by atoms with Gasteiger partial charge in [0.25, 0.3) is 10.0 Å². The number of aromatic nitrogens is 2. The molecule has 2 aromatic rings. The highest BCUT2D eigenvalue weighted by Gasteiger charge is 2.17. The van der Waals surface area contributed by atoms with E-state index in [-0.39, 0.29) is 0 Å². The number of rotatable bonds is 6. The molecule has 120 valence electrons. The molecule has 0 radical (unpaired) electrons. The molecule has 2 rings (SSSR count). The lowest BCUT2D eigenvalue weighted by Crippen LogP contribution is -2.18. The summed E-state index contributed by atoms with van der Waals surface area (Å²) in [6.45, 7) is 5.20. The summed E-state index contributed by atoms with van der Waals surface area (Å²) in [7, 11) is 0.361. The highest BCUT2D eigenvalue weighted by Crippen LogP contribution is 2.20. The third-order valence-electron chi connectivity index (χ3n) is 3.29. The van der Waals surface area contributed by atoms with Crippen LogP contribution in [0.15, 0.2) is 35.5 Å². The van der Waals surface area contributed by atoms with E-state index in [0.29, 0.717) is 17.1 Å². The fourth-order valence-corrected chi connectivity index (χ4v) is 3.41. The number of anilines is 1. The molecule has 1 aromatic carbocycles. The molecule has 0 saturated heterocycles. The molecule has 22 heavy (non-hydrogen) atoms. The third-order valence-corrected chi connectivity index (χ3v) is 4.82. The summed E-state index contributed by atoms with van der Waals surface area (Å²) in [5, 5.41) is 4.17. The normalized spacial score (nSPS) is 11.9. The van der Waals surface area contributed by atoms with E-state index < -0.39 is 10.0 Å². The first-order chi connectivity index (χ1) is 10.3. The lowest BCUT2D eigenvalue weighted by Gasteiger charge is -2.10. The molecule has 0 amide bonds. The Hall–Kier alpha value is -1.86. The largest absolute Gasteiger partial charge is 0.308 e. The Labute approximate surface area is 131 Å². The molecule has 1 heterocycles. The smallest absolute Gasteiger partial charge is 0.262 e. The number of nitrogens with one attached hydrogen (secondary N) is 1. The van der Waals surface area contributed by atoms with Crippen LogP contribution in [0, 0.1) is 13.8 Å². The predicted octanol–water partition coefficient (Wildman–Crippen LogP) is 1.86. The topological polar surface area (TPSA) is 67.2 Å². The monoisotopic (exact) mass is 322 g/mol. The van der Waals surface area contributed by atoms with Crippen LogP contribution in [0.3, 0.4) is 0 Å². The summed E-state index contributed by atoms with van der Waals surface area (Å²) >= 11 is 0. The molecule has 0 saturated carbocycles. The maximum absolute atomic E-state index is 12.5. The van der Waals surface area contributed by atoms with Gasteiger partial charge in [-0.3, -0.25) is 9.40 Å². The fraction of sp³-hybridized carbons (Fsp3) is 0.400. The number of sulfonamides is 1. The predicted molar refractivity (Wildman–Crippen MR) is 87.5 cm³/mol. The Bertz CT molecular complexity index is 751. The van der Waals surface area contributed by atoms with Crippen LogP contribution in [0.2, 0.25) is 0 Å². The van der Waals surface area contributed by atoms with E-state index in [1.54, 1.807) is 23.9 Å². The summed E-state index contributed by atoms with van der Waals surface area (Å²) in [5.41, 5.74) is 2.10. The Morgan fingerprint density at radius 1 is 1.27 bits per heavy atom. The van der Waals surface area contributed by atoms with Crippen LogP contribution >= 0.6 is 0 Å². The van der Waals surface area contributed by atoms with Gasteiger partial charge < -0.3 is 4.90 Å². The van der Waals surface area contributed by atoms with Crippen LogP contribution in [0.1, 0.15) is 11.1 Å². The summed E-state index contributed by atoms with van der Waals surface area (Å²) in [6.07, 6.45) is 3.23. The molecule has 0 fully saturated rings. The minimum absolute atomic E-state index is 0.300.